The van der Waals surface area contributed by atoms with E-state index in [1.807, 2.05) is 6.07 Å². The zero-order chi connectivity index (χ0) is 13.7. The van der Waals surface area contributed by atoms with Crippen LogP contribution >= 0.6 is 34.2 Å². The van der Waals surface area contributed by atoms with Gasteiger partial charge in [0.1, 0.15) is 0 Å². The predicted octanol–water partition coefficient (Wildman–Crippen LogP) is 5.49. The zero-order valence-electron chi connectivity index (χ0n) is 11.4. The fraction of sp³-hybridized carbons (Fsp3) is 0.500. The van der Waals surface area contributed by atoms with E-state index < -0.39 is 0 Å². The standard InChI is InChI=1S/C16H21ClIN/c1-2-10-19-16(12-6-4-3-5-7-12)14-11-13(17)8-9-15(14)18/h6,8-9,11,16,19H,2-5,7,10H2,1H3. The Labute approximate surface area is 135 Å². The Morgan fingerprint density at radius 2 is 2.21 bits per heavy atom. The number of allylic oxidation sites excluding steroid dienone is 1. The Kier molecular flexibility index (Phi) is 6.17. The van der Waals surface area contributed by atoms with Crippen molar-refractivity contribution in [3.05, 3.63) is 44.0 Å². The molecule has 2 rings (SSSR count). The van der Waals surface area contributed by atoms with E-state index in [-0.39, 0.29) is 0 Å². The van der Waals surface area contributed by atoms with Crippen molar-refractivity contribution in [1.29, 1.82) is 0 Å². The van der Waals surface area contributed by atoms with E-state index in [0.29, 0.717) is 6.04 Å². The third-order valence-corrected chi connectivity index (χ3v) is 4.78. The van der Waals surface area contributed by atoms with Crippen LogP contribution in [0.5, 0.6) is 0 Å². The van der Waals surface area contributed by atoms with Crippen LogP contribution in [-0.4, -0.2) is 6.54 Å². The smallest absolute Gasteiger partial charge is 0.0547 e. The summed E-state index contributed by atoms with van der Waals surface area (Å²) < 4.78 is 1.29. The number of benzene rings is 1. The second-order valence-electron chi connectivity index (χ2n) is 5.08. The van der Waals surface area contributed by atoms with Gasteiger partial charge in [-0.2, -0.15) is 0 Å². The molecule has 0 aromatic heterocycles. The van der Waals surface area contributed by atoms with Gasteiger partial charge in [-0.1, -0.05) is 30.2 Å². The van der Waals surface area contributed by atoms with Gasteiger partial charge in [0.05, 0.1) is 6.04 Å². The molecule has 0 saturated heterocycles. The summed E-state index contributed by atoms with van der Waals surface area (Å²) in [5.41, 5.74) is 2.87. The summed E-state index contributed by atoms with van der Waals surface area (Å²) in [7, 11) is 0. The lowest BCUT2D eigenvalue weighted by atomic mass is 9.90. The highest BCUT2D eigenvalue weighted by atomic mass is 127. The lowest BCUT2D eigenvalue weighted by Crippen LogP contribution is -2.25. The molecule has 1 aromatic carbocycles. The van der Waals surface area contributed by atoms with Crippen LogP contribution in [0.15, 0.2) is 29.8 Å². The summed E-state index contributed by atoms with van der Waals surface area (Å²) in [5, 5.41) is 4.52. The summed E-state index contributed by atoms with van der Waals surface area (Å²) >= 11 is 8.60. The van der Waals surface area contributed by atoms with E-state index in [9.17, 15) is 0 Å². The molecule has 1 N–H and O–H groups in total. The molecule has 1 aliphatic carbocycles. The molecule has 0 saturated carbocycles. The summed E-state index contributed by atoms with van der Waals surface area (Å²) in [6, 6.07) is 6.54. The van der Waals surface area contributed by atoms with E-state index in [2.05, 4.69) is 53.0 Å². The van der Waals surface area contributed by atoms with E-state index >= 15 is 0 Å². The Balaban J connectivity index is 2.30. The van der Waals surface area contributed by atoms with E-state index in [1.165, 1.54) is 34.8 Å². The van der Waals surface area contributed by atoms with Crippen molar-refractivity contribution in [2.45, 2.75) is 45.1 Å². The van der Waals surface area contributed by atoms with Gasteiger partial charge in [0.15, 0.2) is 0 Å². The minimum absolute atomic E-state index is 0.339. The van der Waals surface area contributed by atoms with Crippen LogP contribution in [-0.2, 0) is 0 Å². The van der Waals surface area contributed by atoms with Crippen LogP contribution in [0, 0.1) is 3.57 Å². The third kappa shape index (κ3) is 4.20. The number of hydrogen-bond donors (Lipinski definition) is 1. The highest BCUT2D eigenvalue weighted by Gasteiger charge is 2.20. The molecule has 0 fully saturated rings. The maximum Gasteiger partial charge on any atom is 0.0547 e. The van der Waals surface area contributed by atoms with E-state index in [1.54, 1.807) is 5.57 Å². The average molecular weight is 390 g/mol. The number of hydrogen-bond acceptors (Lipinski definition) is 1. The van der Waals surface area contributed by atoms with Gasteiger partial charge in [-0.15, -0.1) is 0 Å². The molecule has 3 heteroatoms. The summed E-state index contributed by atoms with van der Waals surface area (Å²) in [5.74, 6) is 0. The quantitative estimate of drug-likeness (QED) is 0.519. The molecule has 1 aliphatic rings. The molecule has 0 aliphatic heterocycles. The Morgan fingerprint density at radius 3 is 2.89 bits per heavy atom. The SMILES string of the molecule is CCCNC(C1=CCCCC1)c1cc(Cl)ccc1I. The topological polar surface area (TPSA) is 12.0 Å². The second-order valence-corrected chi connectivity index (χ2v) is 6.68. The molecular weight excluding hydrogens is 369 g/mol. The summed E-state index contributed by atoms with van der Waals surface area (Å²) in [4.78, 5) is 0. The molecule has 0 spiro atoms. The fourth-order valence-corrected chi connectivity index (χ4v) is 3.42. The molecule has 19 heavy (non-hydrogen) atoms. The monoisotopic (exact) mass is 389 g/mol. The van der Waals surface area contributed by atoms with Crippen molar-refractivity contribution in [1.82, 2.24) is 5.32 Å². The van der Waals surface area contributed by atoms with Gasteiger partial charge >= 0.3 is 0 Å². The molecule has 0 heterocycles. The van der Waals surface area contributed by atoms with Crippen LogP contribution in [0.3, 0.4) is 0 Å². The Hall–Kier alpha value is -0.0600. The molecule has 0 bridgehead atoms. The third-order valence-electron chi connectivity index (χ3n) is 3.56. The molecule has 1 unspecified atom stereocenters. The van der Waals surface area contributed by atoms with Crippen molar-refractivity contribution >= 4 is 34.2 Å². The zero-order valence-corrected chi connectivity index (χ0v) is 14.3. The lowest BCUT2D eigenvalue weighted by Gasteiger charge is -2.26. The lowest BCUT2D eigenvalue weighted by molar-refractivity contribution is 0.545. The first-order valence-electron chi connectivity index (χ1n) is 7.09. The molecule has 1 nitrogen and oxygen atoms in total. The van der Waals surface area contributed by atoms with E-state index in [0.717, 1.165) is 18.0 Å². The van der Waals surface area contributed by atoms with Gasteiger partial charge in [0.25, 0.3) is 0 Å². The second kappa shape index (κ2) is 7.65. The Morgan fingerprint density at radius 1 is 1.37 bits per heavy atom. The van der Waals surface area contributed by atoms with Crippen LogP contribution in [0.25, 0.3) is 0 Å². The maximum atomic E-state index is 6.18. The molecule has 1 aromatic rings. The highest BCUT2D eigenvalue weighted by Crippen LogP contribution is 2.33. The van der Waals surface area contributed by atoms with Gasteiger partial charge in [-0.3, -0.25) is 0 Å². The Bertz CT molecular complexity index is 456. The molecule has 1 atom stereocenters. The van der Waals surface area contributed by atoms with Crippen LogP contribution < -0.4 is 5.32 Å². The average Bonchev–Trinajstić information content (AvgIpc) is 2.44. The first-order valence-corrected chi connectivity index (χ1v) is 8.55. The minimum Gasteiger partial charge on any atom is -0.307 e. The molecule has 0 amide bonds. The van der Waals surface area contributed by atoms with Crippen LogP contribution in [0.2, 0.25) is 5.02 Å². The van der Waals surface area contributed by atoms with Gasteiger partial charge < -0.3 is 5.32 Å². The van der Waals surface area contributed by atoms with Gasteiger partial charge in [-0.05, 0) is 85.0 Å². The molecular formula is C16H21ClIN. The van der Waals surface area contributed by atoms with Crippen molar-refractivity contribution in [2.75, 3.05) is 6.54 Å². The van der Waals surface area contributed by atoms with Gasteiger partial charge in [-0.25, -0.2) is 0 Å². The van der Waals surface area contributed by atoms with Gasteiger partial charge in [0.2, 0.25) is 0 Å². The van der Waals surface area contributed by atoms with Crippen molar-refractivity contribution in [3.8, 4) is 0 Å². The number of rotatable bonds is 5. The first kappa shape index (κ1) is 15.3. The summed E-state index contributed by atoms with van der Waals surface area (Å²) in [6.45, 7) is 3.26. The fourth-order valence-electron chi connectivity index (χ4n) is 2.59. The molecule has 0 radical (unpaired) electrons. The first-order chi connectivity index (χ1) is 9.22. The van der Waals surface area contributed by atoms with Crippen molar-refractivity contribution < 1.29 is 0 Å². The highest BCUT2D eigenvalue weighted by molar-refractivity contribution is 14.1. The minimum atomic E-state index is 0.339. The number of nitrogens with one attached hydrogen (secondary N) is 1. The number of halogens is 2. The largest absolute Gasteiger partial charge is 0.307 e. The van der Waals surface area contributed by atoms with E-state index in [4.69, 9.17) is 11.6 Å². The van der Waals surface area contributed by atoms with Crippen LogP contribution in [0.4, 0.5) is 0 Å². The van der Waals surface area contributed by atoms with Crippen molar-refractivity contribution in [3.63, 3.8) is 0 Å². The molecule has 104 valence electrons. The normalized spacial score (nSPS) is 17.1. The maximum absolute atomic E-state index is 6.18. The van der Waals surface area contributed by atoms with Gasteiger partial charge in [0, 0.05) is 8.59 Å². The van der Waals surface area contributed by atoms with Crippen molar-refractivity contribution in [2.24, 2.45) is 0 Å². The predicted molar refractivity (Wildman–Crippen MR) is 91.8 cm³/mol. The summed E-state index contributed by atoms with van der Waals surface area (Å²) in [6.07, 6.45) is 8.65. The van der Waals surface area contributed by atoms with Crippen LogP contribution in [0.1, 0.15) is 50.6 Å².